The van der Waals surface area contributed by atoms with Crippen molar-refractivity contribution < 1.29 is 38.6 Å². The van der Waals surface area contributed by atoms with Crippen molar-refractivity contribution in [2.75, 3.05) is 20.5 Å². The van der Waals surface area contributed by atoms with Gasteiger partial charge in [0.25, 0.3) is 0 Å². The van der Waals surface area contributed by atoms with Crippen LogP contribution in [0.5, 0.6) is 0 Å². The van der Waals surface area contributed by atoms with Gasteiger partial charge in [-0.2, -0.15) is 0 Å². The first-order chi connectivity index (χ1) is 9.53. The van der Waals surface area contributed by atoms with E-state index in [9.17, 15) is 24.6 Å². The number of nitrogens with zero attached hydrogens (tertiary/aromatic N) is 3. The van der Waals surface area contributed by atoms with Gasteiger partial charge >= 0.3 is 0 Å². The minimum atomic E-state index is -5.62. The minimum absolute atomic E-state index is 0.368. The van der Waals surface area contributed by atoms with Gasteiger partial charge in [-0.3, -0.25) is 0 Å². The summed E-state index contributed by atoms with van der Waals surface area (Å²) in [4.78, 5) is 0. The maximum Gasteiger partial charge on any atom is 0.243 e. The molecule has 0 aliphatic carbocycles. The van der Waals surface area contributed by atoms with E-state index in [0.717, 1.165) is 10.7 Å². The molecule has 1 aromatic heterocycles. The fourth-order valence-corrected chi connectivity index (χ4v) is 1.90. The molecule has 0 radical (unpaired) electrons. The highest BCUT2D eigenvalue weighted by atomic mass is 32.3. The van der Waals surface area contributed by atoms with Crippen LogP contribution in [-0.4, -0.2) is 41.9 Å². The van der Waals surface area contributed by atoms with Crippen molar-refractivity contribution in [2.24, 2.45) is 7.05 Å². The highest BCUT2D eigenvalue weighted by Gasteiger charge is 2.01. The lowest BCUT2D eigenvalue weighted by atomic mass is 10.7. The molecule has 124 valence electrons. The molecule has 0 unspecified atom stereocenters. The molecular weight excluding hydrogens is 336 g/mol. The maximum atomic E-state index is 11.1. The summed E-state index contributed by atoms with van der Waals surface area (Å²) < 4.78 is 74.0. The Bertz CT molecular complexity index is 586. The minimum Gasteiger partial charge on any atom is -0.379 e. The van der Waals surface area contributed by atoms with E-state index in [2.05, 4.69) is 4.57 Å². The van der Waals surface area contributed by atoms with Crippen LogP contribution in [0.3, 0.4) is 0 Å². The molecule has 21 heavy (non-hydrogen) atoms. The van der Waals surface area contributed by atoms with Gasteiger partial charge in [-0.25, -0.2) is 26.0 Å². The molecule has 0 saturated heterocycles. The van der Waals surface area contributed by atoms with Crippen LogP contribution in [0.25, 0.3) is 4.13 Å². The third kappa shape index (κ3) is 13.6. The van der Waals surface area contributed by atoms with E-state index in [-0.39, 0.29) is 0 Å². The van der Waals surface area contributed by atoms with E-state index >= 15 is 0 Å². The smallest absolute Gasteiger partial charge is 0.243 e. The van der Waals surface area contributed by atoms with E-state index in [0.29, 0.717) is 13.4 Å². The molecule has 0 amide bonds. The quantitative estimate of drug-likeness (QED) is 0.289. The van der Waals surface area contributed by atoms with Gasteiger partial charge in [0.2, 0.25) is 27.1 Å². The van der Waals surface area contributed by atoms with Crippen molar-refractivity contribution in [3.05, 3.63) is 22.8 Å². The molecular formula is C8H15F2N3O6S2. The Morgan fingerprint density at radius 1 is 1.24 bits per heavy atom. The van der Waals surface area contributed by atoms with E-state index in [4.69, 9.17) is 9.47 Å². The maximum absolute atomic E-state index is 11.1. The first kappa shape index (κ1) is 19.9. The second kappa shape index (κ2) is 8.99. The van der Waals surface area contributed by atoms with Crippen LogP contribution in [0.1, 0.15) is 0 Å². The number of ether oxygens (including phenoxy) is 2. The second-order valence-corrected chi connectivity index (χ2v) is 5.78. The largest absolute Gasteiger partial charge is 0.379 e. The van der Waals surface area contributed by atoms with Crippen molar-refractivity contribution in [3.8, 4) is 0 Å². The Kier molecular flexibility index (Phi) is 8.50. The molecule has 1 aromatic rings. The van der Waals surface area contributed by atoms with Crippen molar-refractivity contribution in [2.45, 2.75) is 6.54 Å². The van der Waals surface area contributed by atoms with Crippen LogP contribution in [0.4, 0.5) is 7.77 Å². The van der Waals surface area contributed by atoms with Gasteiger partial charge in [0.05, 0.1) is 13.7 Å². The monoisotopic (exact) mass is 351 g/mol. The fraction of sp³-hybridized carbons (Fsp3) is 0.625. The first-order valence-electron chi connectivity index (χ1n) is 5.24. The summed E-state index contributed by atoms with van der Waals surface area (Å²) in [7, 11) is -7.63. The Hall–Kier alpha value is -1.15. The summed E-state index contributed by atoms with van der Waals surface area (Å²) in [5.74, 6) is 0. The molecule has 13 heteroatoms. The number of halogens is 2. The normalized spacial score (nSPS) is 11.8. The summed E-state index contributed by atoms with van der Waals surface area (Å²) in [5, 5.41) is 0. The zero-order valence-corrected chi connectivity index (χ0v) is 12.8. The Morgan fingerprint density at radius 3 is 2.14 bits per heavy atom. The van der Waals surface area contributed by atoms with E-state index < -0.39 is 20.8 Å². The van der Waals surface area contributed by atoms with Gasteiger partial charge in [-0.05, 0) is 0 Å². The third-order valence-electron chi connectivity index (χ3n) is 1.70. The van der Waals surface area contributed by atoms with Crippen LogP contribution >= 0.6 is 0 Å². The Labute approximate surface area is 121 Å². The number of methoxy groups -OCH3 is 1. The molecule has 1 rings (SSSR count). The van der Waals surface area contributed by atoms with Crippen LogP contribution < -0.4 is 4.57 Å². The summed E-state index contributed by atoms with van der Waals surface area (Å²) >= 11 is 0. The number of aryl methyl sites for hydroxylation is 1. The summed E-state index contributed by atoms with van der Waals surface area (Å²) in [6, 6.07) is 0. The predicted molar refractivity (Wildman–Crippen MR) is 66.9 cm³/mol. The number of aromatic nitrogens is 2. The topological polar surface area (TPSA) is 110 Å². The van der Waals surface area contributed by atoms with Gasteiger partial charge in [-0.15, -0.1) is 7.77 Å². The Morgan fingerprint density at radius 2 is 1.81 bits per heavy atom. The SMILES string of the molecule is COCOCCn1cc[n+](C)c1.O=S(=O)(F)[N-]S(=O)(=O)F. The second-order valence-electron chi connectivity index (χ2n) is 3.53. The third-order valence-corrected chi connectivity index (χ3v) is 3.12. The molecule has 9 nitrogen and oxygen atoms in total. The van der Waals surface area contributed by atoms with Crippen LogP contribution in [-0.2, 0) is 43.9 Å². The highest BCUT2D eigenvalue weighted by molar-refractivity contribution is 8.07. The molecule has 0 aliphatic heterocycles. The fourth-order valence-electron chi connectivity index (χ4n) is 1.05. The number of hydrogen-bond donors (Lipinski definition) is 0. The average molecular weight is 351 g/mol. The van der Waals surface area contributed by atoms with E-state index in [1.807, 2.05) is 30.3 Å². The molecule has 0 bridgehead atoms. The lowest BCUT2D eigenvalue weighted by Crippen LogP contribution is -2.24. The van der Waals surface area contributed by atoms with E-state index in [1.165, 1.54) is 0 Å². The number of imidazole rings is 1. The van der Waals surface area contributed by atoms with Crippen molar-refractivity contribution in [1.29, 1.82) is 0 Å². The van der Waals surface area contributed by atoms with Crippen molar-refractivity contribution in [1.82, 2.24) is 4.57 Å². The molecule has 0 N–H and O–H groups in total. The zero-order chi connectivity index (χ0) is 16.5. The average Bonchev–Trinajstić information content (AvgIpc) is 2.66. The van der Waals surface area contributed by atoms with Gasteiger partial charge < -0.3 is 13.6 Å². The standard InChI is InChI=1S/C8H15N2O2.F2NO4S2/c1-9-3-4-10(7-9)5-6-12-8-11-2;1-8(4,5)3-9(2,6)7/h3-4,7H,5-6,8H2,1-2H3;/q+1;-1. The van der Waals surface area contributed by atoms with Gasteiger partial charge in [0, 0.05) is 7.11 Å². The molecule has 0 atom stereocenters. The van der Waals surface area contributed by atoms with Gasteiger partial charge in [0.1, 0.15) is 25.7 Å². The Balaban J connectivity index is 0.000000400. The molecule has 0 spiro atoms. The van der Waals surface area contributed by atoms with Crippen molar-refractivity contribution in [3.63, 3.8) is 0 Å². The number of rotatable bonds is 7. The lowest BCUT2D eigenvalue weighted by molar-refractivity contribution is -0.671. The van der Waals surface area contributed by atoms with Gasteiger partial charge in [-0.1, -0.05) is 0 Å². The first-order valence-corrected chi connectivity index (χ1v) is 7.93. The van der Waals surface area contributed by atoms with Crippen LogP contribution in [0.15, 0.2) is 18.7 Å². The summed E-state index contributed by atoms with van der Waals surface area (Å²) in [5.41, 5.74) is 0. The molecule has 1 heterocycles. The van der Waals surface area contributed by atoms with E-state index in [1.54, 1.807) is 7.11 Å². The highest BCUT2D eigenvalue weighted by Crippen LogP contribution is 2.11. The zero-order valence-electron chi connectivity index (χ0n) is 11.2. The summed E-state index contributed by atoms with van der Waals surface area (Å²) in [6.45, 7) is 1.92. The van der Waals surface area contributed by atoms with Gasteiger partial charge in [0.15, 0.2) is 0 Å². The summed E-state index contributed by atoms with van der Waals surface area (Å²) in [6.07, 6.45) is 6.02. The molecule has 0 aliphatic rings. The number of hydrogen-bond acceptors (Lipinski definition) is 6. The van der Waals surface area contributed by atoms with Crippen molar-refractivity contribution >= 4 is 20.8 Å². The molecule has 0 fully saturated rings. The molecule has 0 aromatic carbocycles. The molecule has 0 saturated carbocycles. The van der Waals surface area contributed by atoms with Crippen LogP contribution in [0, 0.1) is 0 Å². The lowest BCUT2D eigenvalue weighted by Gasteiger charge is -2.03. The predicted octanol–water partition coefficient (Wildman–Crippen LogP) is -0.278. The van der Waals surface area contributed by atoms with Crippen LogP contribution in [0.2, 0.25) is 0 Å².